The summed E-state index contributed by atoms with van der Waals surface area (Å²) >= 11 is 6.35. The predicted molar refractivity (Wildman–Crippen MR) is 123 cm³/mol. The molecule has 0 N–H and O–H groups in total. The van der Waals surface area contributed by atoms with Gasteiger partial charge in [0.25, 0.3) is 5.91 Å². The Hall–Kier alpha value is -2.78. The highest BCUT2D eigenvalue weighted by Gasteiger charge is 2.42. The van der Waals surface area contributed by atoms with Crippen molar-refractivity contribution in [2.45, 2.75) is 6.92 Å². The van der Waals surface area contributed by atoms with Crippen molar-refractivity contribution in [3.63, 3.8) is 0 Å². The van der Waals surface area contributed by atoms with E-state index >= 15 is 0 Å². The first-order chi connectivity index (χ1) is 15.2. The van der Waals surface area contributed by atoms with Gasteiger partial charge in [0.05, 0.1) is 35.1 Å². The maximum absolute atomic E-state index is 13.0. The van der Waals surface area contributed by atoms with Gasteiger partial charge in [0.1, 0.15) is 5.75 Å². The quantitative estimate of drug-likeness (QED) is 0.672. The summed E-state index contributed by atoms with van der Waals surface area (Å²) in [5.74, 6) is -0.766. The number of carbonyl (C=O) groups excluding carboxylic acids is 2. The molecule has 0 aliphatic carbocycles. The summed E-state index contributed by atoms with van der Waals surface area (Å²) in [4.78, 5) is 29.2. The Balaban J connectivity index is 1.45. The van der Waals surface area contributed by atoms with Crippen LogP contribution in [0, 0.1) is 5.92 Å². The number of benzene rings is 2. The van der Waals surface area contributed by atoms with E-state index in [-0.39, 0.29) is 27.9 Å². The molecule has 1 atom stereocenters. The van der Waals surface area contributed by atoms with E-state index in [1.54, 1.807) is 18.9 Å². The van der Waals surface area contributed by atoms with Gasteiger partial charge in [-0.05, 0) is 42.5 Å². The molecule has 0 radical (unpaired) electrons. The van der Waals surface area contributed by atoms with Gasteiger partial charge in [0.2, 0.25) is 15.9 Å². The van der Waals surface area contributed by atoms with E-state index in [0.29, 0.717) is 26.2 Å². The van der Waals surface area contributed by atoms with Crippen LogP contribution in [0.15, 0.2) is 42.5 Å². The maximum atomic E-state index is 13.0. The summed E-state index contributed by atoms with van der Waals surface area (Å²) in [7, 11) is -2.10. The molecule has 170 valence electrons. The molecule has 0 saturated carbocycles. The average molecular weight is 478 g/mol. The van der Waals surface area contributed by atoms with Crippen molar-refractivity contribution in [2.75, 3.05) is 48.2 Å². The van der Waals surface area contributed by atoms with Gasteiger partial charge in [-0.15, -0.1) is 0 Å². The minimum Gasteiger partial charge on any atom is -0.497 e. The number of piperazine rings is 1. The lowest BCUT2D eigenvalue weighted by atomic mass is 10.1. The van der Waals surface area contributed by atoms with Gasteiger partial charge in [0, 0.05) is 31.9 Å². The van der Waals surface area contributed by atoms with Crippen LogP contribution in [0.4, 0.5) is 11.4 Å². The first-order valence-corrected chi connectivity index (χ1v) is 12.2. The molecule has 2 aliphatic rings. The van der Waals surface area contributed by atoms with Gasteiger partial charge in [-0.25, -0.2) is 12.7 Å². The highest BCUT2D eigenvalue weighted by atomic mass is 35.5. The normalized spacial score (nSPS) is 20.5. The van der Waals surface area contributed by atoms with Crippen LogP contribution in [0.25, 0.3) is 0 Å². The number of hydrogen-bond acceptors (Lipinski definition) is 6. The number of sulfonamides is 1. The van der Waals surface area contributed by atoms with Crippen molar-refractivity contribution in [3.8, 4) is 5.75 Å². The Labute approximate surface area is 192 Å². The van der Waals surface area contributed by atoms with E-state index < -0.39 is 21.8 Å². The number of halogens is 1. The van der Waals surface area contributed by atoms with E-state index in [1.807, 2.05) is 24.3 Å². The minimum absolute atomic E-state index is 0.118. The molecule has 2 heterocycles. The molecule has 0 spiro atoms. The SMILES string of the molecule is COc1ccc(N2CCN(C(=O)c3ccc(N4C(=O)C(C)CS4(=O)=O)cc3Cl)CC2)cc1. The fourth-order valence-electron chi connectivity index (χ4n) is 4.02. The van der Waals surface area contributed by atoms with Gasteiger partial charge in [-0.1, -0.05) is 18.5 Å². The van der Waals surface area contributed by atoms with Crippen molar-refractivity contribution in [2.24, 2.45) is 5.92 Å². The Bertz CT molecular complexity index is 1140. The minimum atomic E-state index is -3.73. The summed E-state index contributed by atoms with van der Waals surface area (Å²) < 4.78 is 30.6. The van der Waals surface area contributed by atoms with E-state index in [4.69, 9.17) is 16.3 Å². The highest BCUT2D eigenvalue weighted by molar-refractivity contribution is 7.94. The van der Waals surface area contributed by atoms with Crippen LogP contribution >= 0.6 is 11.6 Å². The largest absolute Gasteiger partial charge is 0.497 e. The van der Waals surface area contributed by atoms with Crippen molar-refractivity contribution in [1.29, 1.82) is 0 Å². The van der Waals surface area contributed by atoms with Crippen LogP contribution in [0.2, 0.25) is 5.02 Å². The molecule has 2 aromatic carbocycles. The number of amides is 2. The van der Waals surface area contributed by atoms with Gasteiger partial charge in [-0.3, -0.25) is 9.59 Å². The molecule has 10 heteroatoms. The van der Waals surface area contributed by atoms with Gasteiger partial charge in [-0.2, -0.15) is 0 Å². The fraction of sp³-hybridized carbons (Fsp3) is 0.364. The molecule has 2 aliphatic heterocycles. The summed E-state index contributed by atoms with van der Waals surface area (Å²) in [5, 5.41) is 0.118. The van der Waals surface area contributed by atoms with Crippen LogP contribution in [-0.2, 0) is 14.8 Å². The molecule has 1 unspecified atom stereocenters. The second kappa shape index (κ2) is 8.63. The number of carbonyl (C=O) groups is 2. The van der Waals surface area contributed by atoms with Crippen molar-refractivity contribution >= 4 is 44.8 Å². The molecule has 0 bridgehead atoms. The van der Waals surface area contributed by atoms with E-state index in [0.717, 1.165) is 15.7 Å². The molecule has 2 amide bonds. The van der Waals surface area contributed by atoms with Crippen LogP contribution in [0.5, 0.6) is 5.75 Å². The zero-order valence-corrected chi connectivity index (χ0v) is 19.4. The summed E-state index contributed by atoms with van der Waals surface area (Å²) in [6.45, 7) is 3.97. The molecule has 32 heavy (non-hydrogen) atoms. The number of rotatable bonds is 4. The van der Waals surface area contributed by atoms with Crippen molar-refractivity contribution in [1.82, 2.24) is 4.90 Å². The number of nitrogens with zero attached hydrogens (tertiary/aromatic N) is 3. The Morgan fingerprint density at radius 3 is 2.19 bits per heavy atom. The third-order valence-corrected chi connectivity index (χ3v) is 7.96. The third-order valence-electron chi connectivity index (χ3n) is 5.78. The molecule has 2 aromatic rings. The second-order valence-electron chi connectivity index (χ2n) is 7.92. The van der Waals surface area contributed by atoms with Crippen LogP contribution < -0.4 is 13.9 Å². The van der Waals surface area contributed by atoms with Crippen molar-refractivity contribution < 1.29 is 22.7 Å². The maximum Gasteiger partial charge on any atom is 0.255 e. The Kier molecular flexibility index (Phi) is 6.05. The van der Waals surface area contributed by atoms with Gasteiger partial charge < -0.3 is 14.5 Å². The Morgan fingerprint density at radius 2 is 1.66 bits per heavy atom. The lowest BCUT2D eigenvalue weighted by Gasteiger charge is -2.36. The third kappa shape index (κ3) is 4.14. The lowest BCUT2D eigenvalue weighted by Crippen LogP contribution is -2.48. The Morgan fingerprint density at radius 1 is 1.03 bits per heavy atom. The van der Waals surface area contributed by atoms with Gasteiger partial charge >= 0.3 is 0 Å². The molecule has 0 aromatic heterocycles. The highest BCUT2D eigenvalue weighted by Crippen LogP contribution is 2.32. The topological polar surface area (TPSA) is 87.2 Å². The number of methoxy groups -OCH3 is 1. The number of hydrogen-bond donors (Lipinski definition) is 0. The molecule has 4 rings (SSSR count). The lowest BCUT2D eigenvalue weighted by molar-refractivity contribution is -0.119. The van der Waals surface area contributed by atoms with E-state index in [9.17, 15) is 18.0 Å². The number of ether oxygens (including phenoxy) is 1. The fourth-order valence-corrected chi connectivity index (χ4v) is 6.09. The predicted octanol–water partition coefficient (Wildman–Crippen LogP) is 2.62. The van der Waals surface area contributed by atoms with E-state index in [2.05, 4.69) is 4.90 Å². The van der Waals surface area contributed by atoms with E-state index in [1.165, 1.54) is 18.2 Å². The zero-order valence-electron chi connectivity index (χ0n) is 17.8. The first-order valence-electron chi connectivity index (χ1n) is 10.3. The molecule has 8 nitrogen and oxygen atoms in total. The van der Waals surface area contributed by atoms with Gasteiger partial charge in [0.15, 0.2) is 0 Å². The second-order valence-corrected chi connectivity index (χ2v) is 10.2. The molecule has 2 fully saturated rings. The first kappa shape index (κ1) is 22.4. The average Bonchev–Trinajstić information content (AvgIpc) is 2.99. The number of anilines is 2. The van der Waals surface area contributed by atoms with Crippen molar-refractivity contribution in [3.05, 3.63) is 53.1 Å². The van der Waals surface area contributed by atoms with Crippen LogP contribution in [0.3, 0.4) is 0 Å². The molecular formula is C22H24ClN3O5S. The summed E-state index contributed by atoms with van der Waals surface area (Å²) in [5.41, 5.74) is 1.50. The summed E-state index contributed by atoms with van der Waals surface area (Å²) in [6.07, 6.45) is 0. The summed E-state index contributed by atoms with van der Waals surface area (Å²) in [6, 6.07) is 12.1. The molecular weight excluding hydrogens is 454 g/mol. The van der Waals surface area contributed by atoms with Crippen LogP contribution in [-0.4, -0.2) is 64.2 Å². The molecule has 2 saturated heterocycles. The standard InChI is InChI=1S/C22H24ClN3O5S/c1-15-14-32(29,30)26(21(15)27)17-5-8-19(20(23)13-17)22(28)25-11-9-24(10-12-25)16-3-6-18(31-2)7-4-16/h3-8,13,15H,9-12,14H2,1-2H3. The van der Waals surface area contributed by atoms with Crippen LogP contribution in [0.1, 0.15) is 17.3 Å². The monoisotopic (exact) mass is 477 g/mol. The zero-order chi connectivity index (χ0) is 23.0. The smallest absolute Gasteiger partial charge is 0.255 e.